The number of anilines is 2. The summed E-state index contributed by atoms with van der Waals surface area (Å²) in [6.45, 7) is 3.51. The third kappa shape index (κ3) is 5.27. The van der Waals surface area contributed by atoms with Crippen LogP contribution in [0.1, 0.15) is 15.9 Å². The normalized spacial score (nSPS) is 14.1. The van der Waals surface area contributed by atoms with Crippen molar-refractivity contribution in [3.63, 3.8) is 0 Å². The molecular weight excluding hydrogens is 424 g/mol. The minimum Gasteiger partial charge on any atom is -0.367 e. The van der Waals surface area contributed by atoms with Gasteiger partial charge in [0.1, 0.15) is 0 Å². The van der Waals surface area contributed by atoms with Gasteiger partial charge in [0.15, 0.2) is 0 Å². The molecule has 3 aromatic rings. The van der Waals surface area contributed by atoms with E-state index < -0.39 is 10.0 Å². The summed E-state index contributed by atoms with van der Waals surface area (Å²) in [6, 6.07) is 23.0. The van der Waals surface area contributed by atoms with Crippen LogP contribution in [0, 0.1) is 0 Å². The van der Waals surface area contributed by atoms with E-state index in [1.807, 2.05) is 36.4 Å². The summed E-state index contributed by atoms with van der Waals surface area (Å²) in [5.74, 6) is -0.263. The van der Waals surface area contributed by atoms with Gasteiger partial charge in [-0.25, -0.2) is 8.42 Å². The standard InChI is InChI=1S/C24H26N4O3S/c29-24(26-18-19-7-3-1-4-8-19)20-11-12-23(28-15-13-25-14-16-28)22(17-20)27-32(30,31)21-9-5-2-6-10-21/h1-12,17,25,27H,13-16,18H2,(H,26,29). The van der Waals surface area contributed by atoms with Crippen LogP contribution in [-0.4, -0.2) is 40.5 Å². The molecular formula is C24H26N4O3S. The summed E-state index contributed by atoms with van der Waals surface area (Å²) in [7, 11) is -3.80. The lowest BCUT2D eigenvalue weighted by Crippen LogP contribution is -2.43. The molecule has 1 heterocycles. The fraction of sp³-hybridized carbons (Fsp3) is 0.208. The van der Waals surface area contributed by atoms with Gasteiger partial charge in [-0.05, 0) is 35.9 Å². The van der Waals surface area contributed by atoms with Gasteiger partial charge < -0.3 is 15.5 Å². The first-order valence-corrected chi connectivity index (χ1v) is 12.0. The Morgan fingerprint density at radius 3 is 2.25 bits per heavy atom. The molecule has 3 aromatic carbocycles. The second-order valence-corrected chi connectivity index (χ2v) is 9.24. The van der Waals surface area contributed by atoms with Gasteiger partial charge in [-0.15, -0.1) is 0 Å². The van der Waals surface area contributed by atoms with E-state index in [2.05, 4.69) is 20.3 Å². The van der Waals surface area contributed by atoms with E-state index in [-0.39, 0.29) is 10.8 Å². The van der Waals surface area contributed by atoms with Crippen molar-refractivity contribution in [3.8, 4) is 0 Å². The van der Waals surface area contributed by atoms with Crippen LogP contribution in [0.25, 0.3) is 0 Å². The first-order chi connectivity index (χ1) is 15.5. The molecule has 1 aliphatic heterocycles. The van der Waals surface area contributed by atoms with Crippen LogP contribution in [0.2, 0.25) is 0 Å². The third-order valence-electron chi connectivity index (χ3n) is 5.31. The fourth-order valence-corrected chi connectivity index (χ4v) is 4.71. The Morgan fingerprint density at radius 1 is 0.906 bits per heavy atom. The highest BCUT2D eigenvalue weighted by Crippen LogP contribution is 2.30. The third-order valence-corrected chi connectivity index (χ3v) is 6.69. The minimum absolute atomic E-state index is 0.171. The molecule has 1 aliphatic rings. The molecule has 3 N–H and O–H groups in total. The smallest absolute Gasteiger partial charge is 0.261 e. The molecule has 0 radical (unpaired) electrons. The first kappa shape index (κ1) is 21.9. The van der Waals surface area contributed by atoms with Crippen molar-refractivity contribution in [2.24, 2.45) is 0 Å². The molecule has 1 amide bonds. The highest BCUT2D eigenvalue weighted by atomic mass is 32.2. The zero-order valence-electron chi connectivity index (χ0n) is 17.6. The van der Waals surface area contributed by atoms with Crippen LogP contribution in [0.15, 0.2) is 83.8 Å². The van der Waals surface area contributed by atoms with Crippen LogP contribution >= 0.6 is 0 Å². The molecule has 0 unspecified atom stereocenters. The number of hydrogen-bond donors (Lipinski definition) is 3. The largest absolute Gasteiger partial charge is 0.367 e. The van der Waals surface area contributed by atoms with Gasteiger partial charge in [0.25, 0.3) is 15.9 Å². The Morgan fingerprint density at radius 2 is 1.56 bits per heavy atom. The molecule has 166 valence electrons. The quantitative estimate of drug-likeness (QED) is 0.515. The van der Waals surface area contributed by atoms with E-state index >= 15 is 0 Å². The highest BCUT2D eigenvalue weighted by Gasteiger charge is 2.21. The van der Waals surface area contributed by atoms with Gasteiger partial charge in [0.05, 0.1) is 16.3 Å². The van der Waals surface area contributed by atoms with Gasteiger partial charge in [-0.2, -0.15) is 0 Å². The molecule has 0 saturated carbocycles. The van der Waals surface area contributed by atoms with E-state index in [1.54, 1.807) is 42.5 Å². The molecule has 0 aromatic heterocycles. The molecule has 7 nitrogen and oxygen atoms in total. The zero-order valence-corrected chi connectivity index (χ0v) is 18.4. The van der Waals surface area contributed by atoms with Crippen molar-refractivity contribution in [2.75, 3.05) is 35.8 Å². The number of amides is 1. The molecule has 1 saturated heterocycles. The van der Waals surface area contributed by atoms with Crippen molar-refractivity contribution in [1.82, 2.24) is 10.6 Å². The van der Waals surface area contributed by atoms with Crippen LogP contribution < -0.4 is 20.3 Å². The van der Waals surface area contributed by atoms with Crippen molar-refractivity contribution < 1.29 is 13.2 Å². The van der Waals surface area contributed by atoms with E-state index in [4.69, 9.17) is 0 Å². The second kappa shape index (κ2) is 9.84. The first-order valence-electron chi connectivity index (χ1n) is 10.5. The molecule has 0 atom stereocenters. The van der Waals surface area contributed by atoms with Gasteiger partial charge >= 0.3 is 0 Å². The van der Waals surface area contributed by atoms with Crippen molar-refractivity contribution in [3.05, 3.63) is 90.0 Å². The Balaban J connectivity index is 1.61. The lowest BCUT2D eigenvalue weighted by molar-refractivity contribution is 0.0951. The number of carbonyl (C=O) groups excluding carboxylic acids is 1. The summed E-state index contributed by atoms with van der Waals surface area (Å²) < 4.78 is 28.7. The number of carbonyl (C=O) groups is 1. The molecule has 0 spiro atoms. The zero-order chi connectivity index (χ0) is 22.4. The highest BCUT2D eigenvalue weighted by molar-refractivity contribution is 7.92. The molecule has 1 fully saturated rings. The second-order valence-electron chi connectivity index (χ2n) is 7.56. The summed E-state index contributed by atoms with van der Waals surface area (Å²) in [5.41, 5.74) is 2.53. The van der Waals surface area contributed by atoms with Crippen LogP contribution in [0.3, 0.4) is 0 Å². The summed E-state index contributed by atoms with van der Waals surface area (Å²) in [5, 5.41) is 6.19. The molecule has 32 heavy (non-hydrogen) atoms. The van der Waals surface area contributed by atoms with E-state index in [1.165, 1.54) is 0 Å². The number of nitrogens with one attached hydrogen (secondary N) is 3. The van der Waals surface area contributed by atoms with Gasteiger partial charge in [0.2, 0.25) is 0 Å². The number of rotatable bonds is 7. The van der Waals surface area contributed by atoms with E-state index in [9.17, 15) is 13.2 Å². The van der Waals surface area contributed by atoms with E-state index in [0.29, 0.717) is 17.8 Å². The lowest BCUT2D eigenvalue weighted by Gasteiger charge is -2.31. The maximum Gasteiger partial charge on any atom is 0.261 e. The van der Waals surface area contributed by atoms with Crippen molar-refractivity contribution in [1.29, 1.82) is 0 Å². The Kier molecular flexibility index (Phi) is 6.72. The summed E-state index contributed by atoms with van der Waals surface area (Å²) in [4.78, 5) is 15.1. The Bertz CT molecular complexity index is 1160. The number of sulfonamides is 1. The number of piperazine rings is 1. The van der Waals surface area contributed by atoms with Crippen molar-refractivity contribution in [2.45, 2.75) is 11.4 Å². The van der Waals surface area contributed by atoms with Gasteiger partial charge in [-0.1, -0.05) is 48.5 Å². The summed E-state index contributed by atoms with van der Waals surface area (Å²) >= 11 is 0. The van der Waals surface area contributed by atoms with Crippen LogP contribution in [0.4, 0.5) is 11.4 Å². The fourth-order valence-electron chi connectivity index (χ4n) is 3.62. The van der Waals surface area contributed by atoms with E-state index in [0.717, 1.165) is 37.4 Å². The van der Waals surface area contributed by atoms with Crippen LogP contribution in [0.5, 0.6) is 0 Å². The number of benzene rings is 3. The minimum atomic E-state index is -3.80. The monoisotopic (exact) mass is 450 g/mol. The Labute approximate surface area is 188 Å². The number of nitrogens with zero attached hydrogens (tertiary/aromatic N) is 1. The average molecular weight is 451 g/mol. The van der Waals surface area contributed by atoms with Gasteiger partial charge in [-0.3, -0.25) is 9.52 Å². The molecule has 0 bridgehead atoms. The Hall–Kier alpha value is -3.36. The maximum atomic E-state index is 13.0. The molecule has 4 rings (SSSR count). The van der Waals surface area contributed by atoms with Crippen LogP contribution in [-0.2, 0) is 16.6 Å². The SMILES string of the molecule is O=C(NCc1ccccc1)c1ccc(N2CCNCC2)c(NS(=O)(=O)c2ccccc2)c1. The number of hydrogen-bond acceptors (Lipinski definition) is 5. The molecule has 8 heteroatoms. The topological polar surface area (TPSA) is 90.5 Å². The predicted octanol–water partition coefficient (Wildman–Crippen LogP) is 2.83. The van der Waals surface area contributed by atoms with Crippen molar-refractivity contribution >= 4 is 27.3 Å². The maximum absolute atomic E-state index is 13.0. The van der Waals surface area contributed by atoms with Gasteiger partial charge in [0, 0.05) is 38.3 Å². The molecule has 0 aliphatic carbocycles. The predicted molar refractivity (Wildman–Crippen MR) is 126 cm³/mol. The lowest BCUT2D eigenvalue weighted by atomic mass is 10.1. The average Bonchev–Trinajstić information content (AvgIpc) is 2.84. The summed E-state index contributed by atoms with van der Waals surface area (Å²) in [6.07, 6.45) is 0.